The molecule has 1 atom stereocenters. The number of nitrogens with zero attached hydrogens (tertiary/aromatic N) is 3. The molecule has 0 spiro atoms. The van der Waals surface area contributed by atoms with Crippen molar-refractivity contribution in [3.8, 4) is 0 Å². The number of morpholine rings is 1. The first-order chi connectivity index (χ1) is 14.8. The van der Waals surface area contributed by atoms with Gasteiger partial charge in [-0.1, -0.05) is 24.3 Å². The highest BCUT2D eigenvalue weighted by atomic mass is 127. The summed E-state index contributed by atoms with van der Waals surface area (Å²) in [6.45, 7) is 14.2. The first kappa shape index (κ1) is 26.3. The van der Waals surface area contributed by atoms with Gasteiger partial charge in [-0.25, -0.2) is 4.99 Å². The zero-order valence-corrected chi connectivity index (χ0v) is 21.4. The summed E-state index contributed by atoms with van der Waals surface area (Å²) < 4.78 is 16.5. The van der Waals surface area contributed by atoms with E-state index in [0.717, 1.165) is 58.5 Å². The lowest BCUT2D eigenvalue weighted by atomic mass is 10.1. The number of nitrogens with one attached hydrogen (secondary N) is 1. The summed E-state index contributed by atoms with van der Waals surface area (Å²) in [5.41, 5.74) is 2.39. The second-order valence-electron chi connectivity index (χ2n) is 7.78. The summed E-state index contributed by atoms with van der Waals surface area (Å²) in [5, 5.41) is 3.48. The van der Waals surface area contributed by atoms with Crippen LogP contribution >= 0.6 is 24.0 Å². The molecule has 7 nitrogen and oxygen atoms in total. The second-order valence-corrected chi connectivity index (χ2v) is 7.78. The van der Waals surface area contributed by atoms with Gasteiger partial charge in [0.2, 0.25) is 0 Å². The minimum atomic E-state index is 0. The Hall–Kier alpha value is -0.940. The van der Waals surface area contributed by atoms with Gasteiger partial charge >= 0.3 is 0 Å². The fourth-order valence-corrected chi connectivity index (χ4v) is 4.04. The van der Waals surface area contributed by atoms with Crippen LogP contribution in [0.3, 0.4) is 0 Å². The Bertz CT molecular complexity index is 655. The van der Waals surface area contributed by atoms with Gasteiger partial charge in [0.25, 0.3) is 0 Å². The van der Waals surface area contributed by atoms with Gasteiger partial charge in [0.05, 0.1) is 39.6 Å². The highest BCUT2D eigenvalue weighted by Gasteiger charge is 2.30. The zero-order chi connectivity index (χ0) is 21.0. The van der Waals surface area contributed by atoms with Crippen LogP contribution in [0.5, 0.6) is 0 Å². The molecule has 2 aliphatic heterocycles. The van der Waals surface area contributed by atoms with Crippen LogP contribution in [0.4, 0.5) is 0 Å². The number of rotatable bonds is 10. The first-order valence-electron chi connectivity index (χ1n) is 11.4. The standard InChI is InChI=1S/C23H38N4O3.HI/c1-3-24-23(27-9-8-22(18-27)26-10-12-29-13-11-26)25-17-20-6-5-7-21(16-20)19-30-15-14-28-4-2;/h5-7,16,22H,3-4,8-15,17-19H2,1-2H3,(H,24,25);1H. The maximum atomic E-state index is 5.70. The third kappa shape index (κ3) is 8.84. The average molecular weight is 546 g/mol. The summed E-state index contributed by atoms with van der Waals surface area (Å²) in [4.78, 5) is 9.91. The Morgan fingerprint density at radius 1 is 1.13 bits per heavy atom. The first-order valence-corrected chi connectivity index (χ1v) is 11.4. The summed E-state index contributed by atoms with van der Waals surface area (Å²) in [5.74, 6) is 1.02. The molecular weight excluding hydrogens is 507 g/mol. The number of hydrogen-bond acceptors (Lipinski definition) is 5. The fraction of sp³-hybridized carbons (Fsp3) is 0.696. The van der Waals surface area contributed by atoms with Crippen molar-refractivity contribution in [1.29, 1.82) is 0 Å². The van der Waals surface area contributed by atoms with E-state index in [0.29, 0.717) is 32.4 Å². The van der Waals surface area contributed by atoms with Crippen LogP contribution in [0.1, 0.15) is 31.4 Å². The molecule has 176 valence electrons. The minimum Gasteiger partial charge on any atom is -0.379 e. The summed E-state index contributed by atoms with van der Waals surface area (Å²) >= 11 is 0. The molecule has 0 bridgehead atoms. The molecule has 0 aromatic heterocycles. The Kier molecular flexibility index (Phi) is 12.7. The third-order valence-electron chi connectivity index (χ3n) is 5.61. The van der Waals surface area contributed by atoms with Crippen molar-refractivity contribution < 1.29 is 14.2 Å². The number of likely N-dealkylation sites (tertiary alicyclic amines) is 1. The predicted octanol–water partition coefficient (Wildman–Crippen LogP) is 2.73. The van der Waals surface area contributed by atoms with E-state index in [9.17, 15) is 0 Å². The molecule has 1 aromatic rings. The molecule has 0 saturated carbocycles. The van der Waals surface area contributed by atoms with E-state index in [1.54, 1.807) is 0 Å². The van der Waals surface area contributed by atoms with Crippen molar-refractivity contribution in [2.45, 2.75) is 39.5 Å². The van der Waals surface area contributed by atoms with E-state index in [2.05, 4.69) is 46.3 Å². The highest BCUT2D eigenvalue weighted by Crippen LogP contribution is 2.17. The summed E-state index contributed by atoms with van der Waals surface area (Å²) in [6, 6.07) is 9.12. The van der Waals surface area contributed by atoms with E-state index in [1.165, 1.54) is 17.5 Å². The van der Waals surface area contributed by atoms with Crippen molar-refractivity contribution in [3.05, 3.63) is 35.4 Å². The van der Waals surface area contributed by atoms with Gasteiger partial charge in [-0.15, -0.1) is 24.0 Å². The Balaban J connectivity index is 0.00000341. The smallest absolute Gasteiger partial charge is 0.194 e. The van der Waals surface area contributed by atoms with Crippen molar-refractivity contribution >= 4 is 29.9 Å². The van der Waals surface area contributed by atoms with Crippen molar-refractivity contribution in [2.24, 2.45) is 4.99 Å². The van der Waals surface area contributed by atoms with Crippen LogP contribution in [-0.2, 0) is 27.4 Å². The lowest BCUT2D eigenvalue weighted by Crippen LogP contribution is -2.46. The van der Waals surface area contributed by atoms with Gasteiger partial charge in [0.15, 0.2) is 5.96 Å². The normalized spacial score (nSPS) is 20.0. The molecule has 3 rings (SSSR count). The summed E-state index contributed by atoms with van der Waals surface area (Å²) in [6.07, 6.45) is 1.19. The van der Waals surface area contributed by atoms with Crippen molar-refractivity contribution in [2.75, 3.05) is 65.8 Å². The Morgan fingerprint density at radius 2 is 1.90 bits per heavy atom. The fourth-order valence-electron chi connectivity index (χ4n) is 4.04. The molecule has 0 aliphatic carbocycles. The van der Waals surface area contributed by atoms with E-state index >= 15 is 0 Å². The lowest BCUT2D eigenvalue weighted by Gasteiger charge is -2.32. The molecular formula is C23H39IN4O3. The van der Waals surface area contributed by atoms with Crippen LogP contribution in [-0.4, -0.2) is 87.6 Å². The number of guanidine groups is 1. The molecule has 1 aromatic carbocycles. The number of hydrogen-bond donors (Lipinski definition) is 1. The maximum absolute atomic E-state index is 5.70. The number of benzene rings is 1. The molecule has 2 fully saturated rings. The molecule has 2 heterocycles. The second kappa shape index (κ2) is 15.0. The predicted molar refractivity (Wildman–Crippen MR) is 135 cm³/mol. The van der Waals surface area contributed by atoms with Gasteiger partial charge in [0, 0.05) is 45.4 Å². The number of ether oxygens (including phenoxy) is 3. The zero-order valence-electron chi connectivity index (χ0n) is 19.1. The average Bonchev–Trinajstić information content (AvgIpc) is 3.28. The number of halogens is 1. The molecule has 1 unspecified atom stereocenters. The molecule has 2 aliphatic rings. The quantitative estimate of drug-likeness (QED) is 0.211. The molecule has 31 heavy (non-hydrogen) atoms. The van der Waals surface area contributed by atoms with Crippen molar-refractivity contribution in [1.82, 2.24) is 15.1 Å². The van der Waals surface area contributed by atoms with Crippen LogP contribution < -0.4 is 5.32 Å². The van der Waals surface area contributed by atoms with Gasteiger partial charge in [-0.2, -0.15) is 0 Å². The van der Waals surface area contributed by atoms with Crippen LogP contribution in [0.2, 0.25) is 0 Å². The van der Waals surface area contributed by atoms with E-state index < -0.39 is 0 Å². The molecule has 2 saturated heterocycles. The van der Waals surface area contributed by atoms with Crippen molar-refractivity contribution in [3.63, 3.8) is 0 Å². The Labute approximate surface area is 204 Å². The van der Waals surface area contributed by atoms with Crippen LogP contribution in [0, 0.1) is 0 Å². The highest BCUT2D eigenvalue weighted by molar-refractivity contribution is 14.0. The molecule has 0 radical (unpaired) electrons. The van der Waals surface area contributed by atoms with E-state index in [1.807, 2.05) is 6.92 Å². The van der Waals surface area contributed by atoms with Gasteiger partial charge in [-0.05, 0) is 31.4 Å². The van der Waals surface area contributed by atoms with Gasteiger partial charge < -0.3 is 24.4 Å². The third-order valence-corrected chi connectivity index (χ3v) is 5.61. The monoisotopic (exact) mass is 546 g/mol. The largest absolute Gasteiger partial charge is 0.379 e. The van der Waals surface area contributed by atoms with Crippen LogP contribution in [0.25, 0.3) is 0 Å². The van der Waals surface area contributed by atoms with Gasteiger partial charge in [-0.3, -0.25) is 4.90 Å². The van der Waals surface area contributed by atoms with E-state index in [-0.39, 0.29) is 24.0 Å². The number of aliphatic imine (C=N–C) groups is 1. The topological polar surface area (TPSA) is 58.6 Å². The SMILES string of the molecule is CCNC(=NCc1cccc(COCCOCC)c1)N1CCC(N2CCOCC2)C1.I. The van der Waals surface area contributed by atoms with E-state index in [4.69, 9.17) is 19.2 Å². The molecule has 8 heteroatoms. The lowest BCUT2D eigenvalue weighted by molar-refractivity contribution is 0.0195. The minimum absolute atomic E-state index is 0. The summed E-state index contributed by atoms with van der Waals surface area (Å²) in [7, 11) is 0. The molecule has 0 amide bonds. The Morgan fingerprint density at radius 3 is 2.68 bits per heavy atom. The van der Waals surface area contributed by atoms with Crippen LogP contribution in [0.15, 0.2) is 29.3 Å². The molecule has 1 N–H and O–H groups in total. The maximum Gasteiger partial charge on any atom is 0.194 e. The van der Waals surface area contributed by atoms with Gasteiger partial charge in [0.1, 0.15) is 0 Å².